The molecule has 1 rings (SSSR count). The van der Waals surface area contributed by atoms with Crippen LogP contribution in [-0.4, -0.2) is 28.9 Å². The minimum atomic E-state index is -0.124. The highest BCUT2D eigenvalue weighted by molar-refractivity contribution is 7.80. The van der Waals surface area contributed by atoms with Crippen molar-refractivity contribution < 1.29 is 4.79 Å². The highest BCUT2D eigenvalue weighted by Crippen LogP contribution is 2.42. The predicted octanol–water partition coefficient (Wildman–Crippen LogP) is 2.09. The van der Waals surface area contributed by atoms with Crippen LogP contribution in [0.4, 0.5) is 0 Å². The van der Waals surface area contributed by atoms with Crippen LogP contribution in [0.1, 0.15) is 46.0 Å². The second-order valence-corrected chi connectivity index (χ2v) is 5.15. The highest BCUT2D eigenvalue weighted by Gasteiger charge is 2.41. The zero-order valence-corrected chi connectivity index (χ0v) is 11.1. The van der Waals surface area contributed by atoms with E-state index in [0.717, 1.165) is 19.3 Å². The summed E-state index contributed by atoms with van der Waals surface area (Å²) in [5.41, 5.74) is 5.40. The lowest BCUT2D eigenvalue weighted by Gasteiger charge is -2.33. The quantitative estimate of drug-likeness (QED) is 0.751. The summed E-state index contributed by atoms with van der Waals surface area (Å²) in [7, 11) is 0. The predicted molar refractivity (Wildman–Crippen MR) is 70.2 cm³/mol. The number of hydrogen-bond donors (Lipinski definition) is 1. The maximum atomic E-state index is 12.5. The molecular formula is C12H22N2OS. The Morgan fingerprint density at radius 3 is 2.31 bits per heavy atom. The van der Waals surface area contributed by atoms with Gasteiger partial charge in [0.1, 0.15) is 0 Å². The number of nitrogens with two attached hydrogens (primary N) is 1. The summed E-state index contributed by atoms with van der Waals surface area (Å²) in [6.07, 6.45) is 5.32. The van der Waals surface area contributed by atoms with Crippen LogP contribution < -0.4 is 5.73 Å². The van der Waals surface area contributed by atoms with Gasteiger partial charge in [-0.25, -0.2) is 0 Å². The van der Waals surface area contributed by atoms with Gasteiger partial charge in [-0.2, -0.15) is 0 Å². The van der Waals surface area contributed by atoms with Crippen LogP contribution in [0.5, 0.6) is 0 Å². The molecule has 0 saturated heterocycles. The molecule has 1 aliphatic rings. The van der Waals surface area contributed by atoms with Crippen LogP contribution in [0.3, 0.4) is 0 Å². The number of hydrogen-bond acceptors (Lipinski definition) is 2. The summed E-state index contributed by atoms with van der Waals surface area (Å²) < 4.78 is 0. The van der Waals surface area contributed by atoms with E-state index in [9.17, 15) is 4.79 Å². The van der Waals surface area contributed by atoms with E-state index in [1.165, 1.54) is 12.8 Å². The minimum Gasteiger partial charge on any atom is -0.392 e. The second-order valence-electron chi connectivity index (χ2n) is 4.63. The third-order valence-corrected chi connectivity index (χ3v) is 3.84. The van der Waals surface area contributed by atoms with Crippen LogP contribution >= 0.6 is 12.2 Å². The molecule has 0 atom stereocenters. The van der Waals surface area contributed by atoms with Crippen molar-refractivity contribution in [1.82, 2.24) is 4.90 Å². The third kappa shape index (κ3) is 2.73. The summed E-state index contributed by atoms with van der Waals surface area (Å²) >= 11 is 4.89. The van der Waals surface area contributed by atoms with Gasteiger partial charge in [-0.15, -0.1) is 0 Å². The fourth-order valence-corrected chi connectivity index (χ4v) is 2.78. The average molecular weight is 242 g/mol. The Balaban J connectivity index is 2.76. The summed E-state index contributed by atoms with van der Waals surface area (Å²) in [4.78, 5) is 14.7. The molecule has 1 fully saturated rings. The van der Waals surface area contributed by atoms with Crippen molar-refractivity contribution in [3.8, 4) is 0 Å². The topological polar surface area (TPSA) is 46.3 Å². The maximum Gasteiger partial charge on any atom is 0.229 e. The summed E-state index contributed by atoms with van der Waals surface area (Å²) in [6, 6.07) is 0. The number of nitrogens with zero attached hydrogens (tertiary/aromatic N) is 1. The molecule has 0 spiro atoms. The zero-order chi connectivity index (χ0) is 12.2. The standard InChI is InChI=1S/C12H22N2OS/c1-3-12(7-5-6-8-12)11(15)14(4-2)9-10(13)16/h3-9H2,1-2H3,(H2,13,16). The van der Waals surface area contributed by atoms with Gasteiger partial charge in [-0.1, -0.05) is 32.0 Å². The molecule has 0 aliphatic heterocycles. The number of thiocarbonyl (C=S) groups is 1. The molecule has 0 unspecified atom stereocenters. The molecule has 0 aromatic rings. The molecule has 0 aromatic carbocycles. The summed E-state index contributed by atoms with van der Waals surface area (Å²) in [5, 5.41) is 0. The molecule has 3 nitrogen and oxygen atoms in total. The Morgan fingerprint density at radius 2 is 1.94 bits per heavy atom. The van der Waals surface area contributed by atoms with Crippen LogP contribution in [0, 0.1) is 5.41 Å². The molecule has 1 saturated carbocycles. The molecule has 1 aliphatic carbocycles. The average Bonchev–Trinajstić information content (AvgIpc) is 2.74. The lowest BCUT2D eigenvalue weighted by molar-refractivity contribution is -0.141. The maximum absolute atomic E-state index is 12.5. The lowest BCUT2D eigenvalue weighted by atomic mass is 9.82. The number of amides is 1. The van der Waals surface area contributed by atoms with Crippen molar-refractivity contribution in [1.29, 1.82) is 0 Å². The lowest BCUT2D eigenvalue weighted by Crippen LogP contribution is -2.45. The first-order valence-corrected chi connectivity index (χ1v) is 6.54. The van der Waals surface area contributed by atoms with E-state index in [2.05, 4.69) is 6.92 Å². The Hall–Kier alpha value is -0.640. The van der Waals surface area contributed by atoms with Gasteiger partial charge in [0.15, 0.2) is 0 Å². The first-order chi connectivity index (χ1) is 7.55. The van der Waals surface area contributed by atoms with E-state index < -0.39 is 0 Å². The molecule has 4 heteroatoms. The van der Waals surface area contributed by atoms with Gasteiger partial charge in [0.25, 0.3) is 0 Å². The van der Waals surface area contributed by atoms with Crippen LogP contribution in [-0.2, 0) is 4.79 Å². The molecule has 16 heavy (non-hydrogen) atoms. The van der Waals surface area contributed by atoms with Crippen molar-refractivity contribution in [2.75, 3.05) is 13.1 Å². The van der Waals surface area contributed by atoms with Gasteiger partial charge >= 0.3 is 0 Å². The molecule has 0 heterocycles. The first-order valence-electron chi connectivity index (χ1n) is 6.13. The van der Waals surface area contributed by atoms with E-state index in [0.29, 0.717) is 18.1 Å². The van der Waals surface area contributed by atoms with Crippen molar-refractivity contribution in [2.45, 2.75) is 46.0 Å². The van der Waals surface area contributed by atoms with Gasteiger partial charge in [0.05, 0.1) is 11.5 Å². The van der Waals surface area contributed by atoms with Crippen molar-refractivity contribution in [3.05, 3.63) is 0 Å². The Kier molecular flexibility index (Phi) is 4.71. The molecule has 1 amide bonds. The van der Waals surface area contributed by atoms with Crippen molar-refractivity contribution >= 4 is 23.1 Å². The van der Waals surface area contributed by atoms with E-state index in [-0.39, 0.29) is 11.3 Å². The zero-order valence-electron chi connectivity index (χ0n) is 10.3. The van der Waals surface area contributed by atoms with Crippen LogP contribution in [0.15, 0.2) is 0 Å². The number of carbonyl (C=O) groups excluding carboxylic acids is 1. The summed E-state index contributed by atoms with van der Waals surface area (Å²) in [6.45, 7) is 5.21. The monoisotopic (exact) mass is 242 g/mol. The van der Waals surface area contributed by atoms with E-state index in [4.69, 9.17) is 18.0 Å². The smallest absolute Gasteiger partial charge is 0.229 e. The van der Waals surface area contributed by atoms with Gasteiger partial charge in [-0.3, -0.25) is 4.79 Å². The third-order valence-electron chi connectivity index (χ3n) is 3.71. The molecule has 2 N–H and O–H groups in total. The minimum absolute atomic E-state index is 0.124. The van der Waals surface area contributed by atoms with Crippen LogP contribution in [0.2, 0.25) is 0 Å². The molecular weight excluding hydrogens is 220 g/mol. The molecule has 0 radical (unpaired) electrons. The number of carbonyl (C=O) groups is 1. The fraction of sp³-hybridized carbons (Fsp3) is 0.833. The van der Waals surface area contributed by atoms with E-state index >= 15 is 0 Å². The fourth-order valence-electron chi connectivity index (χ4n) is 2.62. The normalized spacial score (nSPS) is 18.4. The van der Waals surface area contributed by atoms with Gasteiger partial charge in [0, 0.05) is 12.0 Å². The number of likely N-dealkylation sites (N-methyl/N-ethyl adjacent to an activating group) is 1. The largest absolute Gasteiger partial charge is 0.392 e. The van der Waals surface area contributed by atoms with Gasteiger partial charge in [0.2, 0.25) is 5.91 Å². The number of rotatable bonds is 5. The Bertz CT molecular complexity index is 272. The second kappa shape index (κ2) is 5.62. The SMILES string of the molecule is CCN(CC(N)=S)C(=O)C1(CC)CCCC1. The molecule has 92 valence electrons. The van der Waals surface area contributed by atoms with Crippen LogP contribution in [0.25, 0.3) is 0 Å². The van der Waals surface area contributed by atoms with Gasteiger partial charge in [-0.05, 0) is 26.2 Å². The van der Waals surface area contributed by atoms with E-state index in [1.54, 1.807) is 4.90 Å². The Labute approximate surface area is 103 Å². The first kappa shape index (κ1) is 13.4. The Morgan fingerprint density at radius 1 is 1.38 bits per heavy atom. The molecule has 0 bridgehead atoms. The van der Waals surface area contributed by atoms with Gasteiger partial charge < -0.3 is 10.6 Å². The van der Waals surface area contributed by atoms with E-state index in [1.807, 2.05) is 6.92 Å². The van der Waals surface area contributed by atoms with Crippen molar-refractivity contribution in [3.63, 3.8) is 0 Å². The molecule has 0 aromatic heterocycles. The van der Waals surface area contributed by atoms with Crippen molar-refractivity contribution in [2.24, 2.45) is 11.1 Å². The highest BCUT2D eigenvalue weighted by atomic mass is 32.1. The summed E-state index contributed by atoms with van der Waals surface area (Å²) in [5.74, 6) is 0.253.